The molecule has 0 atom stereocenters. The smallest absolute Gasteiger partial charge is 0.169 e. The van der Waals surface area contributed by atoms with Crippen LogP contribution in [0.25, 0.3) is 0 Å². The number of ketones is 1. The van der Waals surface area contributed by atoms with Crippen molar-refractivity contribution in [2.45, 2.75) is 25.8 Å². The number of Topliss-reactive ketones (excluding diaryl/α,β-unsaturated/α-hetero) is 1. The Hall–Kier alpha value is -0.830. The minimum atomic E-state index is -0.347. The Morgan fingerprint density at radius 1 is 1.38 bits per heavy atom. The molecular formula is C10H13NOS. The SMILES string of the molecule is CC(C)(C)C(=O)c1ccc(S)nc1. The van der Waals surface area contributed by atoms with Crippen LogP contribution < -0.4 is 0 Å². The third-order valence-corrected chi connectivity index (χ3v) is 1.96. The topological polar surface area (TPSA) is 30.0 Å². The molecule has 1 rings (SSSR count). The molecule has 0 aliphatic rings. The van der Waals surface area contributed by atoms with Crippen molar-refractivity contribution < 1.29 is 4.79 Å². The number of carbonyl (C=O) groups is 1. The highest BCUT2D eigenvalue weighted by atomic mass is 32.1. The second-order valence-corrected chi connectivity index (χ2v) is 4.44. The predicted molar refractivity (Wildman–Crippen MR) is 55.3 cm³/mol. The van der Waals surface area contributed by atoms with Gasteiger partial charge in [0.25, 0.3) is 0 Å². The maximum Gasteiger partial charge on any atom is 0.169 e. The molecule has 0 radical (unpaired) electrons. The zero-order valence-electron chi connectivity index (χ0n) is 8.03. The van der Waals surface area contributed by atoms with Crippen LogP contribution in [-0.4, -0.2) is 10.8 Å². The second-order valence-electron chi connectivity index (χ2n) is 3.98. The van der Waals surface area contributed by atoms with Gasteiger partial charge in [-0.2, -0.15) is 0 Å². The van der Waals surface area contributed by atoms with Gasteiger partial charge in [0.2, 0.25) is 0 Å². The van der Waals surface area contributed by atoms with Crippen molar-refractivity contribution in [2.75, 3.05) is 0 Å². The monoisotopic (exact) mass is 195 g/mol. The molecule has 0 saturated carbocycles. The Morgan fingerprint density at radius 3 is 2.38 bits per heavy atom. The number of aromatic nitrogens is 1. The van der Waals surface area contributed by atoms with Crippen molar-refractivity contribution in [3.63, 3.8) is 0 Å². The predicted octanol–water partition coefficient (Wildman–Crippen LogP) is 2.60. The highest BCUT2D eigenvalue weighted by Gasteiger charge is 2.22. The van der Waals surface area contributed by atoms with E-state index in [1.54, 1.807) is 18.3 Å². The van der Waals surface area contributed by atoms with E-state index in [4.69, 9.17) is 0 Å². The Bertz CT molecular complexity index is 311. The van der Waals surface area contributed by atoms with E-state index < -0.39 is 0 Å². The van der Waals surface area contributed by atoms with Crippen molar-refractivity contribution in [3.8, 4) is 0 Å². The highest BCUT2D eigenvalue weighted by molar-refractivity contribution is 7.80. The second kappa shape index (κ2) is 3.50. The molecule has 0 spiro atoms. The van der Waals surface area contributed by atoms with Gasteiger partial charge in [-0.25, -0.2) is 4.98 Å². The first-order chi connectivity index (χ1) is 5.91. The molecule has 0 unspecified atom stereocenters. The molecule has 0 aromatic carbocycles. The molecule has 70 valence electrons. The molecule has 2 nitrogen and oxygen atoms in total. The lowest BCUT2D eigenvalue weighted by atomic mass is 9.87. The lowest BCUT2D eigenvalue weighted by Gasteiger charge is -2.15. The molecule has 1 heterocycles. The summed E-state index contributed by atoms with van der Waals surface area (Å²) in [7, 11) is 0. The average Bonchev–Trinajstić information content (AvgIpc) is 2.03. The molecule has 1 aromatic rings. The van der Waals surface area contributed by atoms with Gasteiger partial charge < -0.3 is 0 Å². The van der Waals surface area contributed by atoms with Crippen LogP contribution in [0.3, 0.4) is 0 Å². The normalized spacial score (nSPS) is 11.4. The van der Waals surface area contributed by atoms with E-state index >= 15 is 0 Å². The van der Waals surface area contributed by atoms with Gasteiger partial charge in [-0.15, -0.1) is 12.6 Å². The molecule has 0 N–H and O–H groups in total. The number of hydrogen-bond donors (Lipinski definition) is 1. The minimum absolute atomic E-state index is 0.105. The molecule has 0 bridgehead atoms. The van der Waals surface area contributed by atoms with Crippen LogP contribution in [0.15, 0.2) is 23.4 Å². The number of nitrogens with zero attached hydrogens (tertiary/aromatic N) is 1. The van der Waals surface area contributed by atoms with Crippen molar-refractivity contribution in [2.24, 2.45) is 5.41 Å². The first-order valence-corrected chi connectivity index (χ1v) is 4.56. The molecule has 3 heteroatoms. The molecule has 1 aromatic heterocycles. The van der Waals surface area contributed by atoms with Crippen LogP contribution in [0.4, 0.5) is 0 Å². The molecule has 0 aliphatic heterocycles. The third kappa shape index (κ3) is 2.56. The lowest BCUT2D eigenvalue weighted by molar-refractivity contribution is 0.0858. The molecule has 0 saturated heterocycles. The van der Waals surface area contributed by atoms with E-state index in [2.05, 4.69) is 17.6 Å². The average molecular weight is 195 g/mol. The summed E-state index contributed by atoms with van der Waals surface area (Å²) in [5, 5.41) is 0.630. The summed E-state index contributed by atoms with van der Waals surface area (Å²) in [6, 6.07) is 3.48. The zero-order valence-corrected chi connectivity index (χ0v) is 8.93. The van der Waals surface area contributed by atoms with Gasteiger partial charge in [0.05, 0.1) is 5.03 Å². The Kier molecular flexibility index (Phi) is 2.76. The van der Waals surface area contributed by atoms with Crippen LogP contribution in [-0.2, 0) is 0 Å². The Balaban J connectivity index is 2.97. The molecule has 0 fully saturated rings. The molecule has 0 amide bonds. The summed E-state index contributed by atoms with van der Waals surface area (Å²) < 4.78 is 0. The summed E-state index contributed by atoms with van der Waals surface area (Å²) in [4.78, 5) is 15.7. The highest BCUT2D eigenvalue weighted by Crippen LogP contribution is 2.20. The van der Waals surface area contributed by atoms with E-state index in [9.17, 15) is 4.79 Å². The van der Waals surface area contributed by atoms with Crippen LogP contribution >= 0.6 is 12.6 Å². The van der Waals surface area contributed by atoms with E-state index in [0.29, 0.717) is 10.6 Å². The largest absolute Gasteiger partial charge is 0.294 e. The van der Waals surface area contributed by atoms with Crippen LogP contribution in [0, 0.1) is 5.41 Å². The van der Waals surface area contributed by atoms with Crippen molar-refractivity contribution >= 4 is 18.4 Å². The maximum absolute atomic E-state index is 11.7. The lowest BCUT2D eigenvalue weighted by Crippen LogP contribution is -2.20. The minimum Gasteiger partial charge on any atom is -0.294 e. The first-order valence-electron chi connectivity index (χ1n) is 4.11. The Morgan fingerprint density at radius 2 is 2.00 bits per heavy atom. The molecule has 0 aliphatic carbocycles. The standard InChI is InChI=1S/C10H13NOS/c1-10(2,3)9(12)7-4-5-8(13)11-6-7/h4-6H,1-3H3,(H,11,13). The maximum atomic E-state index is 11.7. The van der Waals surface area contributed by atoms with Crippen molar-refractivity contribution in [1.29, 1.82) is 0 Å². The van der Waals surface area contributed by atoms with Crippen LogP contribution in [0.5, 0.6) is 0 Å². The summed E-state index contributed by atoms with van der Waals surface area (Å²) in [5.41, 5.74) is 0.296. The number of rotatable bonds is 1. The van der Waals surface area contributed by atoms with Gasteiger partial charge in [-0.1, -0.05) is 20.8 Å². The fraction of sp³-hybridized carbons (Fsp3) is 0.400. The summed E-state index contributed by atoms with van der Waals surface area (Å²) in [6.07, 6.45) is 1.57. The first kappa shape index (κ1) is 10.3. The fourth-order valence-corrected chi connectivity index (χ4v) is 1.09. The van der Waals surface area contributed by atoms with Gasteiger partial charge in [-0.3, -0.25) is 4.79 Å². The van der Waals surface area contributed by atoms with Gasteiger partial charge >= 0.3 is 0 Å². The molecule has 13 heavy (non-hydrogen) atoms. The van der Waals surface area contributed by atoms with E-state index in [1.165, 1.54) is 0 Å². The van der Waals surface area contributed by atoms with Gasteiger partial charge in [0, 0.05) is 17.2 Å². The van der Waals surface area contributed by atoms with Crippen LogP contribution in [0.2, 0.25) is 0 Å². The van der Waals surface area contributed by atoms with Crippen molar-refractivity contribution in [1.82, 2.24) is 4.98 Å². The van der Waals surface area contributed by atoms with Gasteiger partial charge in [-0.05, 0) is 12.1 Å². The number of hydrogen-bond acceptors (Lipinski definition) is 3. The summed E-state index contributed by atoms with van der Waals surface area (Å²) >= 11 is 4.05. The van der Waals surface area contributed by atoms with Gasteiger partial charge in [0.1, 0.15) is 0 Å². The third-order valence-electron chi connectivity index (χ3n) is 1.69. The number of pyridine rings is 1. The van der Waals surface area contributed by atoms with E-state index in [-0.39, 0.29) is 11.2 Å². The fourth-order valence-electron chi connectivity index (χ4n) is 0.953. The number of carbonyl (C=O) groups excluding carboxylic acids is 1. The quantitative estimate of drug-likeness (QED) is 0.551. The summed E-state index contributed by atoms with van der Waals surface area (Å²) in [5.74, 6) is 0.105. The Labute approximate surface area is 83.8 Å². The van der Waals surface area contributed by atoms with Crippen LogP contribution in [0.1, 0.15) is 31.1 Å². The molecular weight excluding hydrogens is 182 g/mol. The van der Waals surface area contributed by atoms with Gasteiger partial charge in [0.15, 0.2) is 5.78 Å². The van der Waals surface area contributed by atoms with E-state index in [0.717, 1.165) is 0 Å². The summed E-state index contributed by atoms with van der Waals surface area (Å²) in [6.45, 7) is 5.68. The van der Waals surface area contributed by atoms with Crippen molar-refractivity contribution in [3.05, 3.63) is 23.9 Å². The van der Waals surface area contributed by atoms with E-state index in [1.807, 2.05) is 20.8 Å². The zero-order chi connectivity index (χ0) is 10.1. The number of thiol groups is 1.